The number of aliphatic imine (C=N–C) groups is 1. The van der Waals surface area contributed by atoms with Crippen LogP contribution in [0.5, 0.6) is 0 Å². The van der Waals surface area contributed by atoms with Crippen LogP contribution in [0, 0.1) is 5.92 Å². The summed E-state index contributed by atoms with van der Waals surface area (Å²) in [4.78, 5) is 49.1. The molecule has 0 radical (unpaired) electrons. The molecule has 1 unspecified atom stereocenters. The molecule has 2 aliphatic heterocycles. The third kappa shape index (κ3) is 5.65. The van der Waals surface area contributed by atoms with Crippen LogP contribution < -0.4 is 5.32 Å². The molecule has 4 rings (SSSR count). The number of thiazole rings is 1. The molecular formula is C22H29N5O3S. The van der Waals surface area contributed by atoms with Crippen molar-refractivity contribution in [1.82, 2.24) is 14.8 Å². The molecule has 1 saturated heterocycles. The second-order valence-electron chi connectivity index (χ2n) is 8.32. The fraction of sp³-hybridized carbons (Fsp3) is 0.591. The van der Waals surface area contributed by atoms with E-state index < -0.39 is 17.7 Å². The zero-order valence-corrected chi connectivity index (χ0v) is 18.5. The van der Waals surface area contributed by atoms with Gasteiger partial charge in [-0.2, -0.15) is 0 Å². The Morgan fingerprint density at radius 3 is 2.65 bits per heavy atom. The molecule has 3 heterocycles. The number of anilines is 1. The predicted octanol–water partition coefficient (Wildman–Crippen LogP) is 2.27. The molecule has 2 fully saturated rings. The van der Waals surface area contributed by atoms with Crippen LogP contribution in [0.15, 0.2) is 22.5 Å². The first-order valence-electron chi connectivity index (χ1n) is 11.1. The quantitative estimate of drug-likeness (QED) is 0.681. The minimum Gasteiger partial charge on any atom is -0.340 e. The molecule has 3 aliphatic rings. The lowest BCUT2D eigenvalue weighted by molar-refractivity contribution is -0.133. The maximum atomic E-state index is 12.6. The van der Waals surface area contributed by atoms with E-state index in [1.807, 2.05) is 10.3 Å². The van der Waals surface area contributed by atoms with Crippen molar-refractivity contribution in [3.05, 3.63) is 23.2 Å². The lowest BCUT2D eigenvalue weighted by atomic mass is 9.94. The van der Waals surface area contributed by atoms with E-state index in [1.165, 1.54) is 55.7 Å². The number of carbonyl (C=O) groups is 3. The van der Waals surface area contributed by atoms with E-state index in [0.717, 1.165) is 31.9 Å². The Labute approximate surface area is 186 Å². The standard InChI is InChI=1S/C22H29N5O3S/c28-19(27-13-11-26(12-14-27)17-5-2-1-3-6-17)9-8-16-15-31-22(24-16)25-21(30)18-7-4-10-23-20(18)29/h4,7,10,15,17-18H,1-3,5-6,8-9,11-14H2,(H,24,25,30). The number of nitrogens with one attached hydrogen (secondary N) is 1. The van der Waals surface area contributed by atoms with Gasteiger partial charge in [-0.15, -0.1) is 11.3 Å². The van der Waals surface area contributed by atoms with Crippen LogP contribution in [-0.4, -0.2) is 70.9 Å². The number of allylic oxidation sites excluding steroid dienone is 1. The number of dihydropyridines is 1. The van der Waals surface area contributed by atoms with Crippen molar-refractivity contribution in [2.75, 3.05) is 31.5 Å². The summed E-state index contributed by atoms with van der Waals surface area (Å²) in [6.45, 7) is 3.56. The summed E-state index contributed by atoms with van der Waals surface area (Å²) in [5.74, 6) is -1.67. The van der Waals surface area contributed by atoms with E-state index in [4.69, 9.17) is 0 Å². The monoisotopic (exact) mass is 443 g/mol. The Hall–Kier alpha value is -2.39. The summed E-state index contributed by atoms with van der Waals surface area (Å²) in [5, 5.41) is 4.95. The fourth-order valence-corrected chi connectivity index (χ4v) is 5.23. The third-order valence-corrected chi connectivity index (χ3v) is 7.08. The Bertz CT molecular complexity index is 866. The van der Waals surface area contributed by atoms with Crippen molar-refractivity contribution in [3.63, 3.8) is 0 Å². The fourth-order valence-electron chi connectivity index (χ4n) is 4.48. The summed E-state index contributed by atoms with van der Waals surface area (Å²) in [7, 11) is 0. The summed E-state index contributed by atoms with van der Waals surface area (Å²) in [6.07, 6.45) is 12.1. The van der Waals surface area contributed by atoms with Gasteiger partial charge in [-0.3, -0.25) is 19.3 Å². The van der Waals surface area contributed by atoms with Gasteiger partial charge in [0.2, 0.25) is 11.8 Å². The van der Waals surface area contributed by atoms with Crippen LogP contribution >= 0.6 is 11.3 Å². The number of rotatable bonds is 6. The molecule has 1 saturated carbocycles. The Morgan fingerprint density at radius 2 is 1.90 bits per heavy atom. The molecule has 1 N–H and O–H groups in total. The van der Waals surface area contributed by atoms with Gasteiger partial charge >= 0.3 is 0 Å². The molecule has 1 aliphatic carbocycles. The minimum absolute atomic E-state index is 0.165. The van der Waals surface area contributed by atoms with Crippen LogP contribution in [0.25, 0.3) is 0 Å². The van der Waals surface area contributed by atoms with Gasteiger partial charge in [0.1, 0.15) is 5.92 Å². The third-order valence-electron chi connectivity index (χ3n) is 6.27. The highest BCUT2D eigenvalue weighted by atomic mass is 32.1. The van der Waals surface area contributed by atoms with E-state index in [0.29, 0.717) is 24.0 Å². The van der Waals surface area contributed by atoms with Crippen LogP contribution in [0.1, 0.15) is 44.2 Å². The highest BCUT2D eigenvalue weighted by Gasteiger charge is 2.27. The number of nitrogens with zero attached hydrogens (tertiary/aromatic N) is 4. The zero-order valence-electron chi connectivity index (χ0n) is 17.7. The molecule has 0 bridgehead atoms. The van der Waals surface area contributed by atoms with Gasteiger partial charge in [0.05, 0.1) is 5.69 Å². The first kappa shape index (κ1) is 21.8. The van der Waals surface area contributed by atoms with E-state index in [9.17, 15) is 14.4 Å². The summed E-state index contributed by atoms with van der Waals surface area (Å²) < 4.78 is 0. The molecule has 1 atom stereocenters. The molecule has 1 aromatic rings. The van der Waals surface area contributed by atoms with E-state index >= 15 is 0 Å². The smallest absolute Gasteiger partial charge is 0.262 e. The number of aromatic nitrogens is 1. The molecule has 8 nitrogen and oxygen atoms in total. The molecule has 0 spiro atoms. The number of amides is 3. The Kier molecular flexibility index (Phi) is 7.24. The Morgan fingerprint density at radius 1 is 1.13 bits per heavy atom. The maximum absolute atomic E-state index is 12.6. The van der Waals surface area contributed by atoms with Gasteiger partial charge in [0.15, 0.2) is 5.13 Å². The van der Waals surface area contributed by atoms with Gasteiger partial charge in [0.25, 0.3) is 5.91 Å². The summed E-state index contributed by atoms with van der Waals surface area (Å²) in [5.41, 5.74) is 0.776. The molecule has 9 heteroatoms. The summed E-state index contributed by atoms with van der Waals surface area (Å²) >= 11 is 1.30. The molecule has 3 amide bonds. The topological polar surface area (TPSA) is 95.0 Å². The largest absolute Gasteiger partial charge is 0.340 e. The van der Waals surface area contributed by atoms with Crippen molar-refractivity contribution in [2.45, 2.75) is 51.0 Å². The van der Waals surface area contributed by atoms with E-state index in [1.54, 1.807) is 6.08 Å². The lowest BCUT2D eigenvalue weighted by Gasteiger charge is -2.40. The Balaban J connectivity index is 1.20. The molecule has 166 valence electrons. The average Bonchev–Trinajstić information content (AvgIpc) is 3.25. The average molecular weight is 444 g/mol. The zero-order chi connectivity index (χ0) is 21.6. The van der Waals surface area contributed by atoms with Gasteiger partial charge in [0, 0.05) is 50.2 Å². The van der Waals surface area contributed by atoms with Crippen LogP contribution in [0.4, 0.5) is 5.13 Å². The van der Waals surface area contributed by atoms with Crippen LogP contribution in [-0.2, 0) is 20.8 Å². The van der Waals surface area contributed by atoms with Crippen LogP contribution in [0.3, 0.4) is 0 Å². The first-order chi connectivity index (χ1) is 15.1. The number of carbonyl (C=O) groups excluding carboxylic acids is 3. The van der Waals surface area contributed by atoms with Crippen molar-refractivity contribution < 1.29 is 14.4 Å². The molecular weight excluding hydrogens is 414 g/mol. The predicted molar refractivity (Wildman–Crippen MR) is 120 cm³/mol. The normalized spacial score (nSPS) is 22.6. The number of piperazine rings is 1. The molecule has 1 aromatic heterocycles. The van der Waals surface area contributed by atoms with Gasteiger partial charge in [-0.05, 0) is 25.3 Å². The van der Waals surface area contributed by atoms with Gasteiger partial charge < -0.3 is 10.2 Å². The number of aryl methyl sites for hydroxylation is 1. The summed E-state index contributed by atoms with van der Waals surface area (Å²) in [6, 6.07) is 0.709. The van der Waals surface area contributed by atoms with Crippen molar-refractivity contribution in [2.24, 2.45) is 10.9 Å². The van der Waals surface area contributed by atoms with Crippen molar-refractivity contribution in [3.8, 4) is 0 Å². The lowest BCUT2D eigenvalue weighted by Crippen LogP contribution is -2.52. The minimum atomic E-state index is -0.911. The second kappa shape index (κ2) is 10.3. The SMILES string of the molecule is O=C1N=CC=CC1C(=O)Nc1nc(CCC(=O)N2CCN(C3CCCCC3)CC2)cs1. The number of hydrogen-bond donors (Lipinski definition) is 1. The van der Waals surface area contributed by atoms with Crippen molar-refractivity contribution >= 4 is 40.4 Å². The van der Waals surface area contributed by atoms with E-state index in [-0.39, 0.29) is 5.91 Å². The second-order valence-corrected chi connectivity index (χ2v) is 9.18. The molecule has 31 heavy (non-hydrogen) atoms. The van der Waals surface area contributed by atoms with Gasteiger partial charge in [-0.25, -0.2) is 9.98 Å². The van der Waals surface area contributed by atoms with Crippen LogP contribution in [0.2, 0.25) is 0 Å². The highest BCUT2D eigenvalue weighted by molar-refractivity contribution is 7.13. The van der Waals surface area contributed by atoms with Crippen molar-refractivity contribution in [1.29, 1.82) is 0 Å². The van der Waals surface area contributed by atoms with E-state index in [2.05, 4.69) is 20.2 Å². The first-order valence-corrected chi connectivity index (χ1v) is 12.0. The maximum Gasteiger partial charge on any atom is 0.262 e. The highest BCUT2D eigenvalue weighted by Crippen LogP contribution is 2.24. The van der Waals surface area contributed by atoms with Gasteiger partial charge in [-0.1, -0.05) is 25.3 Å². The number of hydrogen-bond acceptors (Lipinski definition) is 6. The molecule has 0 aromatic carbocycles.